The molecule has 0 bridgehead atoms. The summed E-state index contributed by atoms with van der Waals surface area (Å²) in [7, 11) is 2.02. The highest BCUT2D eigenvalue weighted by Gasteiger charge is 2.23. The summed E-state index contributed by atoms with van der Waals surface area (Å²) in [5.41, 5.74) is 5.41. The molecule has 0 N–H and O–H groups in total. The first kappa shape index (κ1) is 23.1. The van der Waals surface area contributed by atoms with Crippen molar-refractivity contribution in [3.8, 4) is 11.1 Å². The fraction of sp³-hybridized carbons (Fsp3) is 0.286. The normalized spacial score (nSPS) is 14.9. The number of benzene rings is 1. The van der Waals surface area contributed by atoms with E-state index in [0.717, 1.165) is 72.1 Å². The smallest absolute Gasteiger partial charge is 0.225 e. The predicted octanol–water partition coefficient (Wildman–Crippen LogP) is 4.53. The average molecular weight is 497 g/mol. The van der Waals surface area contributed by atoms with Crippen LogP contribution in [0.4, 0.5) is 16.2 Å². The molecule has 0 aliphatic carbocycles. The Bertz CT molecular complexity index is 1500. The van der Waals surface area contributed by atoms with Crippen LogP contribution in [0.1, 0.15) is 30.4 Å². The Labute approximate surface area is 215 Å². The standard InChI is InChI=1S/C28H29FN8/c1-3-25(20-4-6-24(29)7-5-20)23-15-30-28(31-16-23)36-12-10-35(11-13-36)27-26-14-22(18-37(26)33-19-32-27)21-8-9-34(2)17-21/h4-9,14-19,25H,3,10-13H2,1-2H3/t25-/m1/s1. The summed E-state index contributed by atoms with van der Waals surface area (Å²) < 4.78 is 17.3. The number of halogens is 1. The summed E-state index contributed by atoms with van der Waals surface area (Å²) in [6, 6.07) is 11.0. The molecule has 1 aliphatic heterocycles. The van der Waals surface area contributed by atoms with Gasteiger partial charge in [-0.05, 0) is 41.8 Å². The van der Waals surface area contributed by atoms with Crippen LogP contribution in [0.3, 0.4) is 0 Å². The van der Waals surface area contributed by atoms with Crippen molar-refractivity contribution in [1.29, 1.82) is 0 Å². The van der Waals surface area contributed by atoms with Crippen molar-refractivity contribution in [2.24, 2.45) is 7.05 Å². The summed E-state index contributed by atoms with van der Waals surface area (Å²) in [4.78, 5) is 18.5. The molecule has 37 heavy (non-hydrogen) atoms. The van der Waals surface area contributed by atoms with E-state index < -0.39 is 0 Å². The van der Waals surface area contributed by atoms with Gasteiger partial charge < -0.3 is 14.4 Å². The Morgan fingerprint density at radius 1 is 0.865 bits per heavy atom. The lowest BCUT2D eigenvalue weighted by Gasteiger charge is -2.35. The number of hydrogen-bond acceptors (Lipinski definition) is 6. The van der Waals surface area contributed by atoms with E-state index in [1.807, 2.05) is 46.9 Å². The molecular formula is C28H29FN8. The zero-order valence-corrected chi connectivity index (χ0v) is 21.0. The Morgan fingerprint density at radius 3 is 2.27 bits per heavy atom. The highest BCUT2D eigenvalue weighted by atomic mass is 19.1. The van der Waals surface area contributed by atoms with Crippen LogP contribution in [0, 0.1) is 5.82 Å². The zero-order chi connectivity index (χ0) is 25.4. The molecule has 5 heterocycles. The number of fused-ring (bicyclic) bond motifs is 1. The molecule has 0 unspecified atom stereocenters. The molecular weight excluding hydrogens is 467 g/mol. The largest absolute Gasteiger partial charge is 0.357 e. The van der Waals surface area contributed by atoms with Crippen LogP contribution in [0.2, 0.25) is 0 Å². The van der Waals surface area contributed by atoms with E-state index in [9.17, 15) is 4.39 Å². The van der Waals surface area contributed by atoms with Crippen molar-refractivity contribution in [1.82, 2.24) is 29.1 Å². The number of hydrogen-bond donors (Lipinski definition) is 0. The second kappa shape index (κ2) is 9.65. The van der Waals surface area contributed by atoms with Crippen LogP contribution in [0.5, 0.6) is 0 Å². The third-order valence-corrected chi connectivity index (χ3v) is 7.15. The topological polar surface area (TPSA) is 67.4 Å². The van der Waals surface area contributed by atoms with E-state index >= 15 is 0 Å². The maximum absolute atomic E-state index is 13.4. The quantitative estimate of drug-likeness (QED) is 0.344. The van der Waals surface area contributed by atoms with Gasteiger partial charge in [0.15, 0.2) is 5.82 Å². The minimum absolute atomic E-state index is 0.148. The van der Waals surface area contributed by atoms with E-state index in [4.69, 9.17) is 9.97 Å². The first-order chi connectivity index (χ1) is 18.1. The number of aromatic nitrogens is 6. The summed E-state index contributed by atoms with van der Waals surface area (Å²) in [5, 5.41) is 4.43. The molecule has 0 amide bonds. The van der Waals surface area contributed by atoms with Gasteiger partial charge in [0.2, 0.25) is 5.95 Å². The number of aryl methyl sites for hydroxylation is 1. The lowest BCUT2D eigenvalue weighted by atomic mass is 9.91. The third-order valence-electron chi connectivity index (χ3n) is 7.15. The SMILES string of the molecule is CC[C@H](c1ccc(F)cc1)c1cnc(N2CCN(c3ncnn4cc(-c5ccn(C)c5)cc34)CC2)nc1. The Morgan fingerprint density at radius 2 is 1.59 bits per heavy atom. The second-order valence-electron chi connectivity index (χ2n) is 9.51. The molecule has 1 saturated heterocycles. The average Bonchev–Trinajstić information content (AvgIpc) is 3.57. The maximum Gasteiger partial charge on any atom is 0.225 e. The van der Waals surface area contributed by atoms with Gasteiger partial charge in [-0.3, -0.25) is 0 Å². The molecule has 1 aromatic carbocycles. The van der Waals surface area contributed by atoms with Gasteiger partial charge in [-0.1, -0.05) is 19.1 Å². The Hall–Kier alpha value is -4.27. The molecule has 1 fully saturated rings. The zero-order valence-electron chi connectivity index (χ0n) is 21.0. The Kier molecular flexibility index (Phi) is 6.04. The maximum atomic E-state index is 13.4. The molecule has 1 aliphatic rings. The van der Waals surface area contributed by atoms with Gasteiger partial charge in [0.25, 0.3) is 0 Å². The van der Waals surface area contributed by atoms with Crippen LogP contribution in [-0.4, -0.2) is 55.3 Å². The predicted molar refractivity (Wildman–Crippen MR) is 142 cm³/mol. The van der Waals surface area contributed by atoms with E-state index in [2.05, 4.69) is 51.3 Å². The van der Waals surface area contributed by atoms with Crippen molar-refractivity contribution in [2.45, 2.75) is 19.3 Å². The highest BCUT2D eigenvalue weighted by molar-refractivity contribution is 5.77. The number of rotatable bonds is 6. The molecule has 0 radical (unpaired) electrons. The van der Waals surface area contributed by atoms with Crippen LogP contribution >= 0.6 is 0 Å². The van der Waals surface area contributed by atoms with Crippen molar-refractivity contribution in [3.05, 3.63) is 90.7 Å². The van der Waals surface area contributed by atoms with Gasteiger partial charge in [-0.15, -0.1) is 0 Å². The van der Waals surface area contributed by atoms with Crippen LogP contribution < -0.4 is 9.80 Å². The van der Waals surface area contributed by atoms with Crippen LogP contribution in [0.25, 0.3) is 16.6 Å². The molecule has 9 heteroatoms. The first-order valence-electron chi connectivity index (χ1n) is 12.6. The minimum Gasteiger partial charge on any atom is -0.357 e. The molecule has 0 saturated carbocycles. The third kappa shape index (κ3) is 4.52. The number of nitrogens with zero attached hydrogens (tertiary/aromatic N) is 8. The summed E-state index contributed by atoms with van der Waals surface area (Å²) in [5.74, 6) is 1.60. The van der Waals surface area contributed by atoms with Crippen molar-refractivity contribution >= 4 is 17.3 Å². The monoisotopic (exact) mass is 496 g/mol. The summed E-state index contributed by atoms with van der Waals surface area (Å²) in [6.07, 6.45) is 12.5. The Balaban J connectivity index is 1.16. The number of piperazine rings is 1. The van der Waals surface area contributed by atoms with E-state index in [-0.39, 0.29) is 11.7 Å². The lowest BCUT2D eigenvalue weighted by molar-refractivity contribution is 0.625. The van der Waals surface area contributed by atoms with Crippen molar-refractivity contribution in [3.63, 3.8) is 0 Å². The molecule has 4 aromatic heterocycles. The summed E-state index contributed by atoms with van der Waals surface area (Å²) >= 11 is 0. The van der Waals surface area contributed by atoms with Crippen LogP contribution in [0.15, 0.2) is 73.7 Å². The molecule has 1 atom stereocenters. The van der Waals surface area contributed by atoms with Gasteiger partial charge in [0.1, 0.15) is 17.7 Å². The summed E-state index contributed by atoms with van der Waals surface area (Å²) in [6.45, 7) is 5.36. The van der Waals surface area contributed by atoms with Gasteiger partial charge in [0.05, 0.1) is 0 Å². The van der Waals surface area contributed by atoms with Gasteiger partial charge >= 0.3 is 0 Å². The fourth-order valence-electron chi connectivity index (χ4n) is 5.14. The van der Waals surface area contributed by atoms with Gasteiger partial charge in [-0.25, -0.2) is 23.9 Å². The van der Waals surface area contributed by atoms with Crippen LogP contribution in [-0.2, 0) is 7.05 Å². The first-order valence-corrected chi connectivity index (χ1v) is 12.6. The van der Waals surface area contributed by atoms with E-state index in [0.29, 0.717) is 0 Å². The van der Waals surface area contributed by atoms with Crippen molar-refractivity contribution < 1.29 is 4.39 Å². The highest BCUT2D eigenvalue weighted by Crippen LogP contribution is 2.29. The van der Waals surface area contributed by atoms with E-state index in [1.165, 1.54) is 12.1 Å². The molecule has 0 spiro atoms. The molecule has 8 nitrogen and oxygen atoms in total. The molecule has 5 aromatic rings. The lowest BCUT2D eigenvalue weighted by Crippen LogP contribution is -2.47. The van der Waals surface area contributed by atoms with Gasteiger partial charge in [0, 0.05) is 81.3 Å². The fourth-order valence-corrected chi connectivity index (χ4v) is 5.14. The van der Waals surface area contributed by atoms with Crippen molar-refractivity contribution in [2.75, 3.05) is 36.0 Å². The molecule has 188 valence electrons. The minimum atomic E-state index is -0.222. The van der Waals surface area contributed by atoms with Gasteiger partial charge in [-0.2, -0.15) is 5.10 Å². The second-order valence-corrected chi connectivity index (χ2v) is 9.51. The molecule has 6 rings (SSSR count). The number of anilines is 2. The van der Waals surface area contributed by atoms with E-state index in [1.54, 1.807) is 6.33 Å².